The Hall–Kier alpha value is -0.900. The van der Waals surface area contributed by atoms with Gasteiger partial charge in [-0.05, 0) is 57.4 Å². The topological polar surface area (TPSA) is 9.72 Å². The first-order valence-electron chi connectivity index (χ1n) is 9.37. The van der Waals surface area contributed by atoms with Crippen LogP contribution in [-0.4, -0.2) is 74.1 Å². The monoisotopic (exact) mass is 315 g/mol. The third kappa shape index (κ3) is 5.30. The zero-order valence-corrected chi connectivity index (χ0v) is 15.0. The van der Waals surface area contributed by atoms with E-state index in [0.717, 1.165) is 25.4 Å². The molecule has 0 aromatic rings. The van der Waals surface area contributed by atoms with Gasteiger partial charge in [-0.3, -0.25) is 9.80 Å². The SMILES string of the molecule is CC1CCN(CC2=CC=C(CN3CCCN(C)CC3)C=CC2)C1. The minimum atomic E-state index is 0.879. The maximum atomic E-state index is 2.62. The summed E-state index contributed by atoms with van der Waals surface area (Å²) in [6, 6.07) is 0. The van der Waals surface area contributed by atoms with Crippen molar-refractivity contribution in [1.29, 1.82) is 0 Å². The molecule has 1 aliphatic carbocycles. The first-order chi connectivity index (χ1) is 11.2. The summed E-state index contributed by atoms with van der Waals surface area (Å²) >= 11 is 0. The summed E-state index contributed by atoms with van der Waals surface area (Å²) in [4.78, 5) is 7.68. The van der Waals surface area contributed by atoms with Crippen LogP contribution in [0.25, 0.3) is 0 Å². The van der Waals surface area contributed by atoms with E-state index in [0.29, 0.717) is 0 Å². The summed E-state index contributed by atoms with van der Waals surface area (Å²) in [6.07, 6.45) is 13.3. The molecule has 0 spiro atoms. The molecule has 2 saturated heterocycles. The molecule has 0 saturated carbocycles. The van der Waals surface area contributed by atoms with Gasteiger partial charge in [-0.15, -0.1) is 0 Å². The van der Waals surface area contributed by atoms with Crippen LogP contribution in [0.1, 0.15) is 26.2 Å². The van der Waals surface area contributed by atoms with E-state index in [1.165, 1.54) is 57.7 Å². The lowest BCUT2D eigenvalue weighted by Gasteiger charge is -2.20. The molecule has 2 aliphatic heterocycles. The molecule has 128 valence electrons. The van der Waals surface area contributed by atoms with Gasteiger partial charge in [-0.25, -0.2) is 0 Å². The number of nitrogens with zero attached hydrogens (tertiary/aromatic N) is 3. The molecule has 0 bridgehead atoms. The van der Waals surface area contributed by atoms with Crippen LogP contribution in [0.5, 0.6) is 0 Å². The van der Waals surface area contributed by atoms with Gasteiger partial charge in [0.25, 0.3) is 0 Å². The summed E-state index contributed by atoms with van der Waals surface area (Å²) in [7, 11) is 2.24. The minimum Gasteiger partial charge on any atom is -0.305 e. The van der Waals surface area contributed by atoms with Crippen molar-refractivity contribution in [2.75, 3.05) is 59.4 Å². The van der Waals surface area contributed by atoms with E-state index in [-0.39, 0.29) is 0 Å². The highest BCUT2D eigenvalue weighted by molar-refractivity contribution is 5.32. The molecule has 3 nitrogen and oxygen atoms in total. The minimum absolute atomic E-state index is 0.879. The molecule has 0 N–H and O–H groups in total. The average molecular weight is 316 g/mol. The molecule has 3 aliphatic rings. The summed E-state index contributed by atoms with van der Waals surface area (Å²) < 4.78 is 0. The molecule has 2 fully saturated rings. The smallest absolute Gasteiger partial charge is 0.0234 e. The predicted octanol–water partition coefficient (Wildman–Crippen LogP) is 2.78. The fourth-order valence-electron chi connectivity index (χ4n) is 3.91. The van der Waals surface area contributed by atoms with E-state index < -0.39 is 0 Å². The van der Waals surface area contributed by atoms with E-state index in [9.17, 15) is 0 Å². The fraction of sp³-hybridized carbons (Fsp3) is 0.700. The van der Waals surface area contributed by atoms with Gasteiger partial charge < -0.3 is 4.90 Å². The standard InChI is InChI=1S/C20H33N3/c1-18-9-12-23(15-18)17-20-6-3-5-19(7-8-20)16-22-11-4-10-21(2)13-14-22/h3,5,7-8,18H,4,6,9-17H2,1-2H3. The highest BCUT2D eigenvalue weighted by Gasteiger charge is 2.19. The van der Waals surface area contributed by atoms with Crippen LogP contribution in [0.15, 0.2) is 35.5 Å². The van der Waals surface area contributed by atoms with E-state index in [1.807, 2.05) is 0 Å². The lowest BCUT2D eigenvalue weighted by Crippen LogP contribution is -2.30. The van der Waals surface area contributed by atoms with Gasteiger partial charge in [0.15, 0.2) is 0 Å². The predicted molar refractivity (Wildman–Crippen MR) is 98.7 cm³/mol. The van der Waals surface area contributed by atoms with Crippen molar-refractivity contribution in [1.82, 2.24) is 14.7 Å². The third-order valence-electron chi connectivity index (χ3n) is 5.40. The zero-order chi connectivity index (χ0) is 16.1. The highest BCUT2D eigenvalue weighted by atomic mass is 15.2. The first kappa shape index (κ1) is 16.9. The Balaban J connectivity index is 1.53. The van der Waals surface area contributed by atoms with Crippen molar-refractivity contribution in [3.8, 4) is 0 Å². The quantitative estimate of drug-likeness (QED) is 0.790. The summed E-state index contributed by atoms with van der Waals surface area (Å²) in [5.41, 5.74) is 3.04. The van der Waals surface area contributed by atoms with Crippen molar-refractivity contribution in [2.45, 2.75) is 26.2 Å². The maximum Gasteiger partial charge on any atom is 0.0234 e. The maximum absolute atomic E-state index is 2.62. The van der Waals surface area contributed by atoms with Gasteiger partial charge >= 0.3 is 0 Å². The van der Waals surface area contributed by atoms with Crippen LogP contribution in [0.4, 0.5) is 0 Å². The van der Waals surface area contributed by atoms with Gasteiger partial charge in [-0.1, -0.05) is 36.8 Å². The van der Waals surface area contributed by atoms with E-state index in [1.54, 1.807) is 5.57 Å². The second-order valence-electron chi connectivity index (χ2n) is 7.73. The van der Waals surface area contributed by atoms with E-state index in [4.69, 9.17) is 0 Å². The summed E-state index contributed by atoms with van der Waals surface area (Å²) in [5.74, 6) is 0.879. The van der Waals surface area contributed by atoms with Crippen LogP contribution >= 0.6 is 0 Å². The van der Waals surface area contributed by atoms with Crippen molar-refractivity contribution in [3.05, 3.63) is 35.5 Å². The van der Waals surface area contributed by atoms with Crippen molar-refractivity contribution < 1.29 is 0 Å². The lowest BCUT2D eigenvalue weighted by atomic mass is 10.1. The number of hydrogen-bond acceptors (Lipinski definition) is 3. The largest absolute Gasteiger partial charge is 0.305 e. The van der Waals surface area contributed by atoms with Gasteiger partial charge in [0.05, 0.1) is 0 Å². The fourth-order valence-corrected chi connectivity index (χ4v) is 3.91. The third-order valence-corrected chi connectivity index (χ3v) is 5.40. The summed E-state index contributed by atoms with van der Waals surface area (Å²) in [5, 5.41) is 0. The van der Waals surface area contributed by atoms with Gasteiger partial charge in [-0.2, -0.15) is 0 Å². The molecular formula is C20H33N3. The molecule has 3 rings (SSSR count). The zero-order valence-electron chi connectivity index (χ0n) is 15.0. The van der Waals surface area contributed by atoms with E-state index >= 15 is 0 Å². The second-order valence-corrected chi connectivity index (χ2v) is 7.73. The van der Waals surface area contributed by atoms with Crippen molar-refractivity contribution in [3.63, 3.8) is 0 Å². The number of likely N-dealkylation sites (tertiary alicyclic amines) is 1. The van der Waals surface area contributed by atoms with Crippen LogP contribution in [0.3, 0.4) is 0 Å². The molecule has 0 amide bonds. The van der Waals surface area contributed by atoms with Gasteiger partial charge in [0.2, 0.25) is 0 Å². The molecule has 1 unspecified atom stereocenters. The average Bonchev–Trinajstić information content (AvgIpc) is 2.71. The van der Waals surface area contributed by atoms with Crippen LogP contribution in [0.2, 0.25) is 0 Å². The van der Waals surface area contributed by atoms with Crippen LogP contribution in [-0.2, 0) is 0 Å². The Morgan fingerprint density at radius 2 is 1.91 bits per heavy atom. The molecule has 0 radical (unpaired) electrons. The Labute approximate surface area is 142 Å². The molecular weight excluding hydrogens is 282 g/mol. The van der Waals surface area contributed by atoms with Crippen molar-refractivity contribution >= 4 is 0 Å². The number of likely N-dealkylation sites (N-methyl/N-ethyl adjacent to an activating group) is 1. The molecule has 2 heterocycles. The normalized spacial score (nSPS) is 28.3. The van der Waals surface area contributed by atoms with Crippen molar-refractivity contribution in [2.24, 2.45) is 5.92 Å². The second kappa shape index (κ2) is 8.27. The molecule has 0 aromatic heterocycles. The molecule has 23 heavy (non-hydrogen) atoms. The molecule has 1 atom stereocenters. The Kier molecular flexibility index (Phi) is 6.09. The molecule has 0 aromatic carbocycles. The molecule has 3 heteroatoms. The van der Waals surface area contributed by atoms with E-state index in [2.05, 4.69) is 53.0 Å². The van der Waals surface area contributed by atoms with Gasteiger partial charge in [0, 0.05) is 32.7 Å². The van der Waals surface area contributed by atoms with Crippen LogP contribution < -0.4 is 0 Å². The first-order valence-corrected chi connectivity index (χ1v) is 9.37. The number of allylic oxidation sites excluding steroid dienone is 3. The Bertz CT molecular complexity index is 477. The Morgan fingerprint density at radius 1 is 1.00 bits per heavy atom. The number of hydrogen-bond donors (Lipinski definition) is 0. The van der Waals surface area contributed by atoms with Crippen LogP contribution in [0, 0.1) is 5.92 Å². The highest BCUT2D eigenvalue weighted by Crippen LogP contribution is 2.19. The number of rotatable bonds is 4. The summed E-state index contributed by atoms with van der Waals surface area (Å²) in [6.45, 7) is 12.1. The lowest BCUT2D eigenvalue weighted by molar-refractivity contribution is 0.296. The Morgan fingerprint density at radius 3 is 2.74 bits per heavy atom. The van der Waals surface area contributed by atoms with Gasteiger partial charge in [0.1, 0.15) is 0 Å².